The number of hydrogen-bond acceptors (Lipinski definition) is 6. The molecule has 13 heteroatoms. The Balaban J connectivity index is 1.54. The van der Waals surface area contributed by atoms with Crippen LogP contribution in [0.5, 0.6) is 0 Å². The third-order valence-electron chi connectivity index (χ3n) is 6.76. The lowest BCUT2D eigenvalue weighted by Gasteiger charge is -2.38. The molecule has 11 nitrogen and oxygen atoms in total. The maximum atomic E-state index is 13.8. The highest BCUT2D eigenvalue weighted by molar-refractivity contribution is 6.31. The van der Waals surface area contributed by atoms with Crippen LogP contribution in [0.2, 0.25) is 10.0 Å². The van der Waals surface area contributed by atoms with Gasteiger partial charge in [0.25, 0.3) is 5.91 Å². The molecule has 1 atom stereocenters. The summed E-state index contributed by atoms with van der Waals surface area (Å²) < 4.78 is 0. The van der Waals surface area contributed by atoms with Crippen molar-refractivity contribution in [3.8, 4) is 0 Å². The number of anilines is 3. The SMILES string of the molecule is CN(C)c1ccc(/C=N\NC(=O)CN2C(=O)N(c3ccc(Cl)cc3)C(N(O)C(=O)Nc3ccc(Cl)cc3)C2(C)C)cc1. The van der Waals surface area contributed by atoms with Gasteiger partial charge in [-0.2, -0.15) is 10.2 Å². The van der Waals surface area contributed by atoms with Crippen molar-refractivity contribution in [2.24, 2.45) is 5.10 Å². The van der Waals surface area contributed by atoms with Gasteiger partial charge in [-0.1, -0.05) is 35.3 Å². The van der Waals surface area contributed by atoms with Crippen LogP contribution in [0, 0.1) is 0 Å². The number of benzene rings is 3. The van der Waals surface area contributed by atoms with Crippen molar-refractivity contribution in [3.63, 3.8) is 0 Å². The van der Waals surface area contributed by atoms with Gasteiger partial charge in [-0.05, 0) is 80.1 Å². The summed E-state index contributed by atoms with van der Waals surface area (Å²) in [5, 5.41) is 19.1. The summed E-state index contributed by atoms with van der Waals surface area (Å²) in [6.07, 6.45) is 0.262. The number of nitrogens with one attached hydrogen (secondary N) is 2. The zero-order chi connectivity index (χ0) is 30.6. The zero-order valence-electron chi connectivity index (χ0n) is 23.5. The Hall–Kier alpha value is -4.32. The first-order chi connectivity index (χ1) is 19.9. The number of carbonyl (C=O) groups is 3. The molecule has 1 fully saturated rings. The van der Waals surface area contributed by atoms with Gasteiger partial charge >= 0.3 is 12.1 Å². The molecule has 1 aliphatic heterocycles. The Morgan fingerprint density at radius 3 is 2.12 bits per heavy atom. The maximum absolute atomic E-state index is 13.8. The Kier molecular flexibility index (Phi) is 9.25. The van der Waals surface area contributed by atoms with Crippen molar-refractivity contribution < 1.29 is 19.6 Å². The molecule has 0 aromatic heterocycles. The van der Waals surface area contributed by atoms with Gasteiger partial charge in [-0.25, -0.2) is 15.0 Å². The molecule has 1 heterocycles. The fourth-order valence-electron chi connectivity index (χ4n) is 4.51. The van der Waals surface area contributed by atoms with Crippen molar-refractivity contribution in [3.05, 3.63) is 88.4 Å². The van der Waals surface area contributed by atoms with Crippen LogP contribution in [-0.4, -0.2) is 71.7 Å². The summed E-state index contributed by atoms with van der Waals surface area (Å²) in [5.41, 5.74) is 3.74. The molecule has 0 bridgehead atoms. The van der Waals surface area contributed by atoms with Crippen LogP contribution < -0.4 is 20.5 Å². The van der Waals surface area contributed by atoms with Crippen LogP contribution in [0.3, 0.4) is 0 Å². The van der Waals surface area contributed by atoms with Gasteiger partial charge in [0.05, 0.1) is 11.8 Å². The number of rotatable bonds is 8. The minimum absolute atomic E-state index is 0.364. The normalized spacial score (nSPS) is 16.1. The Morgan fingerprint density at radius 1 is 0.976 bits per heavy atom. The van der Waals surface area contributed by atoms with Gasteiger partial charge < -0.3 is 15.1 Å². The minimum atomic E-state index is -1.24. The van der Waals surface area contributed by atoms with Gasteiger partial charge in [-0.15, -0.1) is 0 Å². The second kappa shape index (κ2) is 12.7. The van der Waals surface area contributed by atoms with E-state index >= 15 is 0 Å². The van der Waals surface area contributed by atoms with Gasteiger partial charge in [0.15, 0.2) is 6.17 Å². The molecule has 4 rings (SSSR count). The Labute approximate surface area is 253 Å². The quantitative estimate of drug-likeness (QED) is 0.177. The lowest BCUT2D eigenvalue weighted by Crippen LogP contribution is -2.58. The third kappa shape index (κ3) is 6.76. The number of carbonyl (C=O) groups excluding carboxylic acids is 3. The van der Waals surface area contributed by atoms with Gasteiger partial charge in [0.2, 0.25) is 0 Å². The molecule has 220 valence electrons. The van der Waals surface area contributed by atoms with Gasteiger partial charge in [-0.3, -0.25) is 14.9 Å². The molecule has 5 amide bonds. The molecule has 1 aliphatic rings. The fourth-order valence-corrected chi connectivity index (χ4v) is 4.76. The number of urea groups is 2. The van der Waals surface area contributed by atoms with Crippen molar-refractivity contribution in [1.29, 1.82) is 0 Å². The van der Waals surface area contributed by atoms with Crippen LogP contribution in [0.25, 0.3) is 0 Å². The van der Waals surface area contributed by atoms with Gasteiger partial charge in [0, 0.05) is 41.2 Å². The molecular weight excluding hydrogens is 581 g/mol. The van der Waals surface area contributed by atoms with E-state index < -0.39 is 36.2 Å². The van der Waals surface area contributed by atoms with E-state index in [4.69, 9.17) is 23.2 Å². The van der Waals surface area contributed by atoms with Crippen molar-refractivity contribution in [2.45, 2.75) is 25.6 Å². The van der Waals surface area contributed by atoms with E-state index in [0.717, 1.165) is 11.3 Å². The molecule has 1 saturated heterocycles. The summed E-state index contributed by atoms with van der Waals surface area (Å²) >= 11 is 12.0. The zero-order valence-corrected chi connectivity index (χ0v) is 25.0. The number of hydroxylamine groups is 2. The predicted octanol–water partition coefficient (Wildman–Crippen LogP) is 5.48. The average molecular weight is 613 g/mol. The van der Waals surface area contributed by atoms with Crippen LogP contribution in [0.4, 0.5) is 26.7 Å². The maximum Gasteiger partial charge on any atom is 0.347 e. The summed E-state index contributed by atoms with van der Waals surface area (Å²) in [6, 6.07) is 18.7. The van der Waals surface area contributed by atoms with Gasteiger partial charge in [0.1, 0.15) is 6.54 Å². The fraction of sp³-hybridized carbons (Fsp3) is 0.241. The molecule has 0 radical (unpaired) electrons. The summed E-state index contributed by atoms with van der Waals surface area (Å²) in [5.74, 6) is -0.565. The van der Waals surface area contributed by atoms with E-state index in [0.29, 0.717) is 26.5 Å². The summed E-state index contributed by atoms with van der Waals surface area (Å²) in [7, 11) is 3.87. The summed E-state index contributed by atoms with van der Waals surface area (Å²) in [4.78, 5) is 44.3. The Morgan fingerprint density at radius 2 is 1.55 bits per heavy atom. The van der Waals surface area contributed by atoms with Crippen LogP contribution in [0.15, 0.2) is 77.9 Å². The van der Waals surface area contributed by atoms with Crippen molar-refractivity contribution in [2.75, 3.05) is 35.8 Å². The molecule has 1 unspecified atom stereocenters. The number of hydrazone groups is 1. The number of nitrogens with zero attached hydrogens (tertiary/aromatic N) is 5. The van der Waals surface area contributed by atoms with Crippen LogP contribution in [0.1, 0.15) is 19.4 Å². The summed E-state index contributed by atoms with van der Waals surface area (Å²) in [6.45, 7) is 2.90. The molecule has 42 heavy (non-hydrogen) atoms. The van der Waals surface area contributed by atoms with E-state index in [2.05, 4.69) is 15.8 Å². The van der Waals surface area contributed by atoms with Crippen LogP contribution >= 0.6 is 23.2 Å². The highest BCUT2D eigenvalue weighted by Crippen LogP contribution is 2.38. The highest BCUT2D eigenvalue weighted by Gasteiger charge is 2.56. The molecule has 3 aromatic carbocycles. The smallest absolute Gasteiger partial charge is 0.347 e. The topological polar surface area (TPSA) is 121 Å². The number of amides is 5. The third-order valence-corrected chi connectivity index (χ3v) is 7.27. The largest absolute Gasteiger partial charge is 0.378 e. The van der Waals surface area contributed by atoms with E-state index in [9.17, 15) is 19.6 Å². The first kappa shape index (κ1) is 30.6. The lowest BCUT2D eigenvalue weighted by molar-refractivity contribution is -0.124. The highest BCUT2D eigenvalue weighted by atomic mass is 35.5. The van der Waals surface area contributed by atoms with Crippen molar-refractivity contribution in [1.82, 2.24) is 15.4 Å². The predicted molar refractivity (Wildman–Crippen MR) is 165 cm³/mol. The second-order valence-electron chi connectivity index (χ2n) is 10.3. The number of halogens is 2. The minimum Gasteiger partial charge on any atom is -0.378 e. The first-order valence-corrected chi connectivity index (χ1v) is 13.6. The first-order valence-electron chi connectivity index (χ1n) is 12.9. The molecular formula is C29H31Cl2N7O4. The van der Waals surface area contributed by atoms with E-state index in [1.807, 2.05) is 43.3 Å². The van der Waals surface area contributed by atoms with Crippen molar-refractivity contribution >= 4 is 64.4 Å². The average Bonchev–Trinajstić information content (AvgIpc) is 3.14. The second-order valence-corrected chi connectivity index (χ2v) is 11.2. The standard InChI is InChI=1S/C29H31Cl2N7O4/c1-29(2)26(38(42)27(40)33-22-11-7-20(30)8-12-22)37(24-15-9-21(31)10-16-24)28(41)36(29)18-25(39)34-32-17-19-5-13-23(14-6-19)35(3)4/h5-17,26,42H,18H2,1-4H3,(H,33,40)(H,34,39)/b32-17-. The Bertz CT molecular complexity index is 1460. The molecule has 3 N–H and O–H groups in total. The molecule has 0 aliphatic carbocycles. The van der Waals surface area contributed by atoms with E-state index in [1.54, 1.807) is 62.4 Å². The number of hydrogen-bond donors (Lipinski definition) is 3. The lowest BCUT2D eigenvalue weighted by atomic mass is 9.99. The van der Waals surface area contributed by atoms with E-state index in [1.165, 1.54) is 16.0 Å². The monoisotopic (exact) mass is 611 g/mol. The molecule has 0 spiro atoms. The molecule has 0 saturated carbocycles. The van der Waals surface area contributed by atoms with Crippen LogP contribution in [-0.2, 0) is 4.79 Å². The van der Waals surface area contributed by atoms with E-state index in [-0.39, 0.29) is 0 Å². The molecule has 3 aromatic rings.